The predicted octanol–water partition coefficient (Wildman–Crippen LogP) is 3.19. The monoisotopic (exact) mass is 326 g/mol. The molecule has 5 heteroatoms. The van der Waals surface area contributed by atoms with Crippen molar-refractivity contribution < 1.29 is 23.8 Å². The second-order valence-corrected chi connectivity index (χ2v) is 4.88. The highest BCUT2D eigenvalue weighted by Gasteiger charge is 2.08. The number of hydrogen-bond donors (Lipinski definition) is 0. The predicted molar refractivity (Wildman–Crippen MR) is 89.3 cm³/mol. The third-order valence-electron chi connectivity index (χ3n) is 3.26. The summed E-state index contributed by atoms with van der Waals surface area (Å²) in [5.41, 5.74) is 1.41. The van der Waals surface area contributed by atoms with Crippen LogP contribution in [-0.2, 0) is 16.0 Å². The zero-order valence-electron chi connectivity index (χ0n) is 13.4. The first-order valence-electron chi connectivity index (χ1n) is 7.36. The summed E-state index contributed by atoms with van der Waals surface area (Å²) in [6.45, 7) is 3.60. The van der Waals surface area contributed by atoms with Crippen LogP contribution in [-0.4, -0.2) is 25.7 Å². The molecule has 0 heterocycles. The number of carbonyl (C=O) groups excluding carboxylic acids is 2. The van der Waals surface area contributed by atoms with Crippen molar-refractivity contribution in [3.63, 3.8) is 0 Å². The van der Waals surface area contributed by atoms with Crippen molar-refractivity contribution in [2.24, 2.45) is 0 Å². The van der Waals surface area contributed by atoms with Crippen molar-refractivity contribution in [1.29, 1.82) is 0 Å². The molecule has 0 radical (unpaired) electrons. The van der Waals surface area contributed by atoms with Gasteiger partial charge < -0.3 is 14.2 Å². The van der Waals surface area contributed by atoms with Gasteiger partial charge in [-0.1, -0.05) is 18.7 Å². The van der Waals surface area contributed by atoms with Crippen LogP contribution in [0.5, 0.6) is 11.5 Å². The molecule has 2 aromatic carbocycles. The van der Waals surface area contributed by atoms with Gasteiger partial charge in [-0.3, -0.25) is 0 Å². The van der Waals surface area contributed by atoms with Gasteiger partial charge in [0.15, 0.2) is 0 Å². The van der Waals surface area contributed by atoms with Gasteiger partial charge in [0.2, 0.25) is 0 Å². The van der Waals surface area contributed by atoms with Crippen molar-refractivity contribution >= 4 is 11.9 Å². The van der Waals surface area contributed by atoms with Gasteiger partial charge in [0.25, 0.3) is 0 Å². The van der Waals surface area contributed by atoms with Crippen LogP contribution in [0.2, 0.25) is 0 Å². The van der Waals surface area contributed by atoms with Crippen LogP contribution in [0, 0.1) is 0 Å². The molecule has 24 heavy (non-hydrogen) atoms. The summed E-state index contributed by atoms with van der Waals surface area (Å²) in [5, 5.41) is 0. The first-order chi connectivity index (χ1) is 11.6. The molecule has 0 spiro atoms. The van der Waals surface area contributed by atoms with Crippen LogP contribution in [0.1, 0.15) is 15.9 Å². The van der Waals surface area contributed by atoms with E-state index in [9.17, 15) is 9.59 Å². The Kier molecular flexibility index (Phi) is 6.14. The lowest BCUT2D eigenvalue weighted by atomic mass is 10.1. The average molecular weight is 326 g/mol. The molecular weight excluding hydrogens is 308 g/mol. The lowest BCUT2D eigenvalue weighted by molar-refractivity contribution is -0.137. The second kappa shape index (κ2) is 8.53. The molecule has 124 valence electrons. The highest BCUT2D eigenvalue weighted by Crippen LogP contribution is 2.16. The van der Waals surface area contributed by atoms with Gasteiger partial charge in [0.1, 0.15) is 11.5 Å². The van der Waals surface area contributed by atoms with E-state index < -0.39 is 11.9 Å². The van der Waals surface area contributed by atoms with Gasteiger partial charge in [-0.05, 0) is 42.0 Å². The standard InChI is InChI=1S/C19H18O5/c1-3-18(20)23-13-12-14-4-8-17(9-5-14)24-19(21)15-6-10-16(22-2)11-7-15/h3-11H,1,12-13H2,2H3. The zero-order chi connectivity index (χ0) is 17.4. The number of methoxy groups -OCH3 is 1. The Morgan fingerprint density at radius 2 is 1.62 bits per heavy atom. The maximum absolute atomic E-state index is 12.0. The second-order valence-electron chi connectivity index (χ2n) is 4.88. The highest BCUT2D eigenvalue weighted by atomic mass is 16.5. The summed E-state index contributed by atoms with van der Waals surface area (Å²) in [6.07, 6.45) is 1.70. The molecular formula is C19H18O5. The van der Waals surface area contributed by atoms with E-state index in [-0.39, 0.29) is 6.61 Å². The molecule has 0 amide bonds. The molecule has 0 aliphatic rings. The van der Waals surface area contributed by atoms with Crippen LogP contribution < -0.4 is 9.47 Å². The Morgan fingerprint density at radius 3 is 2.21 bits per heavy atom. The van der Waals surface area contributed by atoms with E-state index in [1.54, 1.807) is 43.5 Å². The summed E-state index contributed by atoms with van der Waals surface area (Å²) in [6, 6.07) is 13.7. The van der Waals surface area contributed by atoms with E-state index in [0.29, 0.717) is 23.5 Å². The Hall–Kier alpha value is -3.08. The lowest BCUT2D eigenvalue weighted by Crippen LogP contribution is -2.08. The van der Waals surface area contributed by atoms with Crippen LogP contribution in [0.25, 0.3) is 0 Å². The van der Waals surface area contributed by atoms with Crippen molar-refractivity contribution in [3.8, 4) is 11.5 Å². The third-order valence-corrected chi connectivity index (χ3v) is 3.26. The fraction of sp³-hybridized carbons (Fsp3) is 0.158. The van der Waals surface area contributed by atoms with Gasteiger partial charge in [-0.15, -0.1) is 0 Å². The summed E-state index contributed by atoms with van der Waals surface area (Å²) in [7, 11) is 1.56. The SMILES string of the molecule is C=CC(=O)OCCc1ccc(OC(=O)c2ccc(OC)cc2)cc1. The number of esters is 2. The minimum absolute atomic E-state index is 0.274. The Morgan fingerprint density at radius 1 is 1.00 bits per heavy atom. The molecule has 0 atom stereocenters. The minimum atomic E-state index is -0.444. The molecule has 0 saturated heterocycles. The molecule has 2 aromatic rings. The summed E-state index contributed by atoms with van der Waals surface area (Å²) < 4.78 is 15.3. The third kappa shape index (κ3) is 4.98. The van der Waals surface area contributed by atoms with Crippen molar-refractivity contribution in [2.75, 3.05) is 13.7 Å². The maximum Gasteiger partial charge on any atom is 0.343 e. The minimum Gasteiger partial charge on any atom is -0.497 e. The quantitative estimate of drug-likeness (QED) is 0.444. The molecule has 0 aromatic heterocycles. The van der Waals surface area contributed by atoms with E-state index in [2.05, 4.69) is 6.58 Å². The van der Waals surface area contributed by atoms with E-state index in [1.165, 1.54) is 0 Å². The molecule has 0 saturated carbocycles. The molecule has 0 fully saturated rings. The van der Waals surface area contributed by atoms with Gasteiger partial charge in [0.05, 0.1) is 19.3 Å². The molecule has 2 rings (SSSR count). The Balaban J connectivity index is 1.89. The fourth-order valence-electron chi connectivity index (χ4n) is 1.95. The average Bonchev–Trinajstić information content (AvgIpc) is 2.63. The Labute approximate surface area is 140 Å². The summed E-state index contributed by atoms with van der Waals surface area (Å²) in [4.78, 5) is 23.0. The van der Waals surface area contributed by atoms with Crippen LogP contribution >= 0.6 is 0 Å². The summed E-state index contributed by atoms with van der Waals surface area (Å²) >= 11 is 0. The smallest absolute Gasteiger partial charge is 0.343 e. The number of rotatable bonds is 7. The number of hydrogen-bond acceptors (Lipinski definition) is 5. The van der Waals surface area contributed by atoms with Crippen molar-refractivity contribution in [2.45, 2.75) is 6.42 Å². The number of benzene rings is 2. The fourth-order valence-corrected chi connectivity index (χ4v) is 1.95. The molecule has 5 nitrogen and oxygen atoms in total. The van der Waals surface area contributed by atoms with E-state index >= 15 is 0 Å². The molecule has 0 aliphatic heterocycles. The Bertz CT molecular complexity index is 702. The molecule has 0 unspecified atom stereocenters. The van der Waals surface area contributed by atoms with E-state index in [1.807, 2.05) is 12.1 Å². The number of ether oxygens (including phenoxy) is 3. The zero-order valence-corrected chi connectivity index (χ0v) is 13.4. The largest absolute Gasteiger partial charge is 0.497 e. The maximum atomic E-state index is 12.0. The summed E-state index contributed by atoms with van der Waals surface area (Å²) in [5.74, 6) is 0.237. The van der Waals surface area contributed by atoms with Gasteiger partial charge in [-0.25, -0.2) is 9.59 Å². The van der Waals surface area contributed by atoms with Crippen molar-refractivity contribution in [1.82, 2.24) is 0 Å². The topological polar surface area (TPSA) is 61.8 Å². The highest BCUT2D eigenvalue weighted by molar-refractivity contribution is 5.91. The number of carbonyl (C=O) groups is 2. The van der Waals surface area contributed by atoms with E-state index in [4.69, 9.17) is 14.2 Å². The van der Waals surface area contributed by atoms with Gasteiger partial charge in [0, 0.05) is 12.5 Å². The molecule has 0 bridgehead atoms. The first kappa shape index (κ1) is 17.3. The molecule has 0 N–H and O–H groups in total. The normalized spacial score (nSPS) is 9.88. The van der Waals surface area contributed by atoms with Crippen LogP contribution in [0.15, 0.2) is 61.2 Å². The van der Waals surface area contributed by atoms with Crippen LogP contribution in [0.3, 0.4) is 0 Å². The van der Waals surface area contributed by atoms with Crippen LogP contribution in [0.4, 0.5) is 0 Å². The van der Waals surface area contributed by atoms with Gasteiger partial charge in [-0.2, -0.15) is 0 Å². The van der Waals surface area contributed by atoms with E-state index in [0.717, 1.165) is 11.6 Å². The first-order valence-corrected chi connectivity index (χ1v) is 7.36. The van der Waals surface area contributed by atoms with Gasteiger partial charge >= 0.3 is 11.9 Å². The van der Waals surface area contributed by atoms with Crippen molar-refractivity contribution in [3.05, 3.63) is 72.3 Å². The lowest BCUT2D eigenvalue weighted by Gasteiger charge is -2.07. The molecule has 0 aliphatic carbocycles.